The molecule has 0 radical (unpaired) electrons. The van der Waals surface area contributed by atoms with Crippen LogP contribution < -0.4 is 16.0 Å². The van der Waals surface area contributed by atoms with E-state index in [1.54, 1.807) is 12.1 Å². The summed E-state index contributed by atoms with van der Waals surface area (Å²) in [5.74, 6) is -0.140. The summed E-state index contributed by atoms with van der Waals surface area (Å²) < 4.78 is 0. The number of anilines is 1. The van der Waals surface area contributed by atoms with Gasteiger partial charge in [-0.05, 0) is 66.8 Å². The van der Waals surface area contributed by atoms with Crippen LogP contribution in [-0.4, -0.2) is 39.7 Å². The van der Waals surface area contributed by atoms with E-state index in [0.717, 1.165) is 16.7 Å². The number of carbonyl (C=O) groups excluding carboxylic acids is 2. The highest BCUT2D eigenvalue weighted by Gasteiger charge is 2.21. The maximum atomic E-state index is 12.5. The first-order valence-electron chi connectivity index (χ1n) is 11.8. The maximum absolute atomic E-state index is 12.5. The summed E-state index contributed by atoms with van der Waals surface area (Å²) in [6.07, 6.45) is 0.500. The third-order valence-corrected chi connectivity index (χ3v) is 6.26. The van der Waals surface area contributed by atoms with Crippen molar-refractivity contribution in [2.45, 2.75) is 44.9 Å². The van der Waals surface area contributed by atoms with Crippen molar-refractivity contribution < 1.29 is 24.9 Å². The number of phenols is 2. The zero-order chi connectivity index (χ0) is 27.0. The third-order valence-electron chi connectivity index (χ3n) is 5.91. The van der Waals surface area contributed by atoms with Crippen LogP contribution in [0.15, 0.2) is 60.7 Å². The molecule has 0 aromatic heterocycles. The summed E-state index contributed by atoms with van der Waals surface area (Å²) in [7, 11) is 0. The lowest BCUT2D eigenvalue weighted by molar-refractivity contribution is -0.120. The van der Waals surface area contributed by atoms with Gasteiger partial charge in [0, 0.05) is 23.7 Å². The largest absolute Gasteiger partial charge is 0.508 e. The Morgan fingerprint density at radius 1 is 1.05 bits per heavy atom. The minimum Gasteiger partial charge on any atom is -0.508 e. The van der Waals surface area contributed by atoms with E-state index in [9.17, 15) is 24.9 Å². The van der Waals surface area contributed by atoms with Gasteiger partial charge in [-0.15, -0.1) is 0 Å². The molecule has 9 heteroatoms. The fourth-order valence-electron chi connectivity index (χ4n) is 3.97. The summed E-state index contributed by atoms with van der Waals surface area (Å²) in [5, 5.41) is 38.9. The van der Waals surface area contributed by atoms with Gasteiger partial charge in [-0.1, -0.05) is 48.0 Å². The standard InChI is InChI=1S/C28H32ClN3O5/c1-28(2,32-16-26(36)20-7-9-25(35)24(12-20)31-17-33)14-19-5-3-4-18(10-19)11-27(37)30-15-21-6-8-22(34)13-23(21)29/h3-10,12-13,17,26,32,34-36H,11,14-16H2,1-2H3,(H,30,37)(H,31,33)/t26-/m0/s1. The van der Waals surface area contributed by atoms with Crippen LogP contribution in [0, 0.1) is 0 Å². The molecule has 0 fully saturated rings. The number of halogens is 1. The van der Waals surface area contributed by atoms with Gasteiger partial charge in [0.1, 0.15) is 11.5 Å². The monoisotopic (exact) mass is 525 g/mol. The molecule has 1 atom stereocenters. The Balaban J connectivity index is 1.54. The SMILES string of the molecule is CC(C)(Cc1cccc(CC(=O)NCc2ccc(O)cc2Cl)c1)NC[C@H](O)c1ccc(O)c(NC=O)c1. The lowest BCUT2D eigenvalue weighted by atomic mass is 9.93. The lowest BCUT2D eigenvalue weighted by Gasteiger charge is -2.28. The molecule has 3 rings (SSSR count). The molecule has 0 heterocycles. The van der Waals surface area contributed by atoms with Gasteiger partial charge < -0.3 is 31.3 Å². The lowest BCUT2D eigenvalue weighted by Crippen LogP contribution is -2.43. The van der Waals surface area contributed by atoms with Crippen molar-refractivity contribution in [2.75, 3.05) is 11.9 Å². The average Bonchev–Trinajstić information content (AvgIpc) is 2.83. The van der Waals surface area contributed by atoms with Crippen LogP contribution in [0.1, 0.15) is 42.2 Å². The van der Waals surface area contributed by atoms with Crippen LogP contribution >= 0.6 is 11.6 Å². The highest BCUT2D eigenvalue weighted by Crippen LogP contribution is 2.27. The summed E-state index contributed by atoms with van der Waals surface area (Å²) >= 11 is 6.10. The number of phenolic OH excluding ortho intramolecular Hbond substituents is 2. The van der Waals surface area contributed by atoms with Crippen molar-refractivity contribution >= 4 is 29.6 Å². The van der Waals surface area contributed by atoms with Gasteiger partial charge in [0.25, 0.3) is 0 Å². The second-order valence-corrected chi connectivity index (χ2v) is 9.95. The van der Waals surface area contributed by atoms with Crippen molar-refractivity contribution in [3.8, 4) is 11.5 Å². The van der Waals surface area contributed by atoms with Gasteiger partial charge in [0.05, 0.1) is 18.2 Å². The Bertz CT molecular complexity index is 1250. The fraction of sp³-hybridized carbons (Fsp3) is 0.286. The normalized spacial score (nSPS) is 12.1. The van der Waals surface area contributed by atoms with Crippen molar-refractivity contribution in [1.82, 2.24) is 10.6 Å². The van der Waals surface area contributed by atoms with E-state index in [2.05, 4.69) is 16.0 Å². The molecule has 196 valence electrons. The number of hydrogen-bond donors (Lipinski definition) is 6. The topological polar surface area (TPSA) is 131 Å². The van der Waals surface area contributed by atoms with Crippen LogP contribution in [0.3, 0.4) is 0 Å². The van der Waals surface area contributed by atoms with Crippen LogP contribution in [0.5, 0.6) is 11.5 Å². The molecule has 0 unspecified atom stereocenters. The van der Waals surface area contributed by atoms with Gasteiger partial charge in [-0.3, -0.25) is 9.59 Å². The minimum atomic E-state index is -0.843. The molecule has 0 aliphatic heterocycles. The fourth-order valence-corrected chi connectivity index (χ4v) is 4.22. The molecular formula is C28H32ClN3O5. The van der Waals surface area contributed by atoms with Gasteiger partial charge in [0.2, 0.25) is 12.3 Å². The Morgan fingerprint density at radius 2 is 1.81 bits per heavy atom. The van der Waals surface area contributed by atoms with E-state index in [0.29, 0.717) is 23.4 Å². The molecule has 0 aliphatic rings. The first-order chi connectivity index (χ1) is 17.6. The summed E-state index contributed by atoms with van der Waals surface area (Å²) in [6.45, 7) is 4.58. The van der Waals surface area contributed by atoms with E-state index >= 15 is 0 Å². The molecule has 0 spiro atoms. The third kappa shape index (κ3) is 8.49. The number of β-amino-alcohol motifs (C(OH)–C–C–N with tert-alkyl or cyclic N) is 1. The van der Waals surface area contributed by atoms with Gasteiger partial charge in [0.15, 0.2) is 0 Å². The number of benzene rings is 3. The number of nitrogens with one attached hydrogen (secondary N) is 3. The predicted octanol–water partition coefficient (Wildman–Crippen LogP) is 3.82. The molecule has 0 saturated carbocycles. The van der Waals surface area contributed by atoms with E-state index in [4.69, 9.17) is 11.6 Å². The zero-order valence-corrected chi connectivity index (χ0v) is 21.5. The van der Waals surface area contributed by atoms with Crippen LogP contribution in [0.4, 0.5) is 5.69 Å². The Kier molecular flexibility index (Phi) is 9.52. The highest BCUT2D eigenvalue weighted by molar-refractivity contribution is 6.31. The Hall–Kier alpha value is -3.59. The van der Waals surface area contributed by atoms with Crippen molar-refractivity contribution in [3.63, 3.8) is 0 Å². The molecule has 3 aromatic carbocycles. The molecule has 3 aromatic rings. The summed E-state index contributed by atoms with van der Waals surface area (Å²) in [6, 6.07) is 17.0. The van der Waals surface area contributed by atoms with Gasteiger partial charge >= 0.3 is 0 Å². The van der Waals surface area contributed by atoms with E-state index in [1.807, 2.05) is 38.1 Å². The zero-order valence-electron chi connectivity index (χ0n) is 20.8. The number of aromatic hydroxyl groups is 2. The van der Waals surface area contributed by atoms with E-state index < -0.39 is 6.10 Å². The van der Waals surface area contributed by atoms with Crippen molar-refractivity contribution in [3.05, 3.63) is 87.9 Å². The number of aliphatic hydroxyl groups is 1. The van der Waals surface area contributed by atoms with Crippen LogP contribution in [-0.2, 0) is 29.0 Å². The second kappa shape index (κ2) is 12.6. The molecule has 0 aliphatic carbocycles. The van der Waals surface area contributed by atoms with E-state index in [-0.39, 0.29) is 48.1 Å². The molecular weight excluding hydrogens is 494 g/mol. The van der Waals surface area contributed by atoms with Crippen LogP contribution in [0.25, 0.3) is 0 Å². The highest BCUT2D eigenvalue weighted by atomic mass is 35.5. The number of aliphatic hydroxyl groups excluding tert-OH is 1. The Morgan fingerprint density at radius 3 is 2.54 bits per heavy atom. The molecule has 0 bridgehead atoms. The van der Waals surface area contributed by atoms with Crippen molar-refractivity contribution in [1.29, 1.82) is 0 Å². The number of carbonyl (C=O) groups is 2. The van der Waals surface area contributed by atoms with Crippen molar-refractivity contribution in [2.24, 2.45) is 0 Å². The summed E-state index contributed by atoms with van der Waals surface area (Å²) in [4.78, 5) is 23.2. The first kappa shape index (κ1) is 28.0. The van der Waals surface area contributed by atoms with Gasteiger partial charge in [-0.2, -0.15) is 0 Å². The molecule has 37 heavy (non-hydrogen) atoms. The number of hydrogen-bond acceptors (Lipinski definition) is 6. The van der Waals surface area contributed by atoms with Crippen LogP contribution in [0.2, 0.25) is 5.02 Å². The minimum absolute atomic E-state index is 0.0743. The van der Waals surface area contributed by atoms with E-state index in [1.165, 1.54) is 24.3 Å². The maximum Gasteiger partial charge on any atom is 0.224 e. The molecule has 6 N–H and O–H groups in total. The molecule has 0 saturated heterocycles. The summed E-state index contributed by atoms with van der Waals surface area (Å²) in [5.41, 5.74) is 3.08. The molecule has 8 nitrogen and oxygen atoms in total. The molecule has 2 amide bonds. The predicted molar refractivity (Wildman–Crippen MR) is 144 cm³/mol. The average molecular weight is 526 g/mol. The smallest absolute Gasteiger partial charge is 0.224 e. The first-order valence-corrected chi connectivity index (χ1v) is 12.2. The number of rotatable bonds is 12. The number of amides is 2. The van der Waals surface area contributed by atoms with Gasteiger partial charge in [-0.25, -0.2) is 0 Å². The quantitative estimate of drug-likeness (QED) is 0.157. The second-order valence-electron chi connectivity index (χ2n) is 9.55. The Labute approximate surface area is 221 Å².